The van der Waals surface area contributed by atoms with Crippen molar-refractivity contribution >= 4 is 17.3 Å². The van der Waals surface area contributed by atoms with Crippen LogP contribution < -0.4 is 15.0 Å². The van der Waals surface area contributed by atoms with Gasteiger partial charge < -0.3 is 19.7 Å². The van der Waals surface area contributed by atoms with Crippen LogP contribution in [0.2, 0.25) is 0 Å². The van der Waals surface area contributed by atoms with Crippen LogP contribution in [0.4, 0.5) is 11.4 Å². The molecule has 1 heterocycles. The van der Waals surface area contributed by atoms with Crippen molar-refractivity contribution < 1.29 is 14.3 Å². The molecule has 5 heteroatoms. The van der Waals surface area contributed by atoms with Gasteiger partial charge in [-0.1, -0.05) is 18.2 Å². The normalized spacial score (nSPS) is 14.2. The fraction of sp³-hybridized carbons (Fsp3) is 0.350. The number of methoxy groups -OCH3 is 1. The maximum Gasteiger partial charge on any atom is 0.228 e. The summed E-state index contributed by atoms with van der Waals surface area (Å²) in [5.41, 5.74) is 3.92. The van der Waals surface area contributed by atoms with E-state index in [9.17, 15) is 4.79 Å². The second kappa shape index (κ2) is 8.03. The Morgan fingerprint density at radius 2 is 2.00 bits per heavy atom. The van der Waals surface area contributed by atoms with Crippen LogP contribution in [0, 0.1) is 6.92 Å². The SMILES string of the molecule is COc1cc(CC(=O)Nc2cccc(N3CCOCC3)c2)ccc1C. The number of benzene rings is 2. The molecular formula is C20H24N2O3. The van der Waals surface area contributed by atoms with Gasteiger partial charge in [-0.15, -0.1) is 0 Å². The summed E-state index contributed by atoms with van der Waals surface area (Å²) in [6.07, 6.45) is 0.318. The van der Waals surface area contributed by atoms with E-state index >= 15 is 0 Å². The smallest absolute Gasteiger partial charge is 0.228 e. The molecule has 5 nitrogen and oxygen atoms in total. The van der Waals surface area contributed by atoms with Crippen molar-refractivity contribution in [2.45, 2.75) is 13.3 Å². The largest absolute Gasteiger partial charge is 0.496 e. The van der Waals surface area contributed by atoms with E-state index in [0.717, 1.165) is 54.6 Å². The molecule has 1 aliphatic heterocycles. The van der Waals surface area contributed by atoms with Crippen LogP contribution in [0.3, 0.4) is 0 Å². The van der Waals surface area contributed by atoms with E-state index in [1.165, 1.54) is 0 Å². The van der Waals surface area contributed by atoms with Crippen LogP contribution in [0.1, 0.15) is 11.1 Å². The summed E-state index contributed by atoms with van der Waals surface area (Å²) >= 11 is 0. The minimum absolute atomic E-state index is 0.0370. The first-order valence-electron chi connectivity index (χ1n) is 8.52. The Bertz CT molecular complexity index is 739. The highest BCUT2D eigenvalue weighted by Crippen LogP contribution is 2.22. The fourth-order valence-corrected chi connectivity index (χ4v) is 2.97. The van der Waals surface area contributed by atoms with Crippen molar-refractivity contribution in [3.8, 4) is 5.75 Å². The quantitative estimate of drug-likeness (QED) is 0.909. The van der Waals surface area contributed by atoms with E-state index in [2.05, 4.69) is 16.3 Å². The molecule has 1 fully saturated rings. The molecule has 0 bridgehead atoms. The number of rotatable bonds is 5. The van der Waals surface area contributed by atoms with Gasteiger partial charge in [0.05, 0.1) is 26.7 Å². The van der Waals surface area contributed by atoms with Gasteiger partial charge >= 0.3 is 0 Å². The van der Waals surface area contributed by atoms with Gasteiger partial charge in [-0.25, -0.2) is 0 Å². The highest BCUT2D eigenvalue weighted by Gasteiger charge is 2.12. The predicted octanol–water partition coefficient (Wildman–Crippen LogP) is 3.02. The van der Waals surface area contributed by atoms with Crippen molar-refractivity contribution in [2.24, 2.45) is 0 Å². The zero-order valence-electron chi connectivity index (χ0n) is 14.7. The Balaban J connectivity index is 1.64. The number of morpholine rings is 1. The third kappa shape index (κ3) is 4.51. The first-order chi connectivity index (χ1) is 12.2. The first-order valence-corrected chi connectivity index (χ1v) is 8.52. The van der Waals surface area contributed by atoms with Gasteiger partial charge in [-0.3, -0.25) is 4.79 Å². The summed E-state index contributed by atoms with van der Waals surface area (Å²) in [7, 11) is 1.64. The Labute approximate surface area is 148 Å². The van der Waals surface area contributed by atoms with E-state index in [-0.39, 0.29) is 5.91 Å². The van der Waals surface area contributed by atoms with E-state index in [4.69, 9.17) is 9.47 Å². The van der Waals surface area contributed by atoms with E-state index in [1.807, 2.05) is 43.3 Å². The molecule has 1 N–H and O–H groups in total. The highest BCUT2D eigenvalue weighted by molar-refractivity contribution is 5.92. The number of nitrogens with one attached hydrogen (secondary N) is 1. The molecular weight excluding hydrogens is 316 g/mol. The standard InChI is InChI=1S/C20H24N2O3/c1-15-6-7-16(12-19(15)24-2)13-20(23)21-17-4-3-5-18(14-17)22-8-10-25-11-9-22/h3-7,12,14H,8-11,13H2,1-2H3,(H,21,23). The molecule has 1 aliphatic rings. The molecule has 25 heavy (non-hydrogen) atoms. The van der Waals surface area contributed by atoms with Crippen LogP contribution >= 0.6 is 0 Å². The lowest BCUT2D eigenvalue weighted by Crippen LogP contribution is -2.36. The molecule has 0 spiro atoms. The number of ether oxygens (including phenoxy) is 2. The van der Waals surface area contributed by atoms with Gasteiger partial charge in [0.1, 0.15) is 5.75 Å². The van der Waals surface area contributed by atoms with Crippen LogP contribution in [0.15, 0.2) is 42.5 Å². The number of hydrogen-bond donors (Lipinski definition) is 1. The summed E-state index contributed by atoms with van der Waals surface area (Å²) in [6.45, 7) is 5.22. The summed E-state index contributed by atoms with van der Waals surface area (Å²) in [5.74, 6) is 0.768. The Kier molecular flexibility index (Phi) is 5.56. The molecule has 0 saturated carbocycles. The van der Waals surface area contributed by atoms with Crippen LogP contribution in [-0.4, -0.2) is 39.3 Å². The Hall–Kier alpha value is -2.53. The summed E-state index contributed by atoms with van der Waals surface area (Å²) in [5, 5.41) is 2.98. The van der Waals surface area contributed by atoms with Gasteiger partial charge in [0.15, 0.2) is 0 Å². The topological polar surface area (TPSA) is 50.8 Å². The number of aryl methyl sites for hydroxylation is 1. The minimum atomic E-state index is -0.0370. The number of anilines is 2. The Morgan fingerprint density at radius 1 is 1.20 bits per heavy atom. The number of carbonyl (C=O) groups is 1. The monoisotopic (exact) mass is 340 g/mol. The molecule has 0 radical (unpaired) electrons. The van der Waals surface area contributed by atoms with Gasteiger partial charge in [0, 0.05) is 24.5 Å². The number of nitrogens with zero attached hydrogens (tertiary/aromatic N) is 1. The van der Waals surface area contributed by atoms with Gasteiger partial charge in [0.2, 0.25) is 5.91 Å². The maximum atomic E-state index is 12.4. The van der Waals surface area contributed by atoms with E-state index in [1.54, 1.807) is 7.11 Å². The van der Waals surface area contributed by atoms with Crippen molar-refractivity contribution in [3.05, 3.63) is 53.6 Å². The molecule has 1 amide bonds. The van der Waals surface area contributed by atoms with Crippen molar-refractivity contribution in [3.63, 3.8) is 0 Å². The van der Waals surface area contributed by atoms with Gasteiger partial charge in [-0.2, -0.15) is 0 Å². The molecule has 0 aliphatic carbocycles. The minimum Gasteiger partial charge on any atom is -0.496 e. The zero-order valence-corrected chi connectivity index (χ0v) is 14.7. The van der Waals surface area contributed by atoms with Crippen LogP contribution in [-0.2, 0) is 16.0 Å². The maximum absolute atomic E-state index is 12.4. The van der Waals surface area contributed by atoms with Gasteiger partial charge in [0.25, 0.3) is 0 Å². The lowest BCUT2D eigenvalue weighted by atomic mass is 10.1. The van der Waals surface area contributed by atoms with Crippen LogP contribution in [0.25, 0.3) is 0 Å². The van der Waals surface area contributed by atoms with Crippen molar-refractivity contribution in [1.29, 1.82) is 0 Å². The van der Waals surface area contributed by atoms with E-state index < -0.39 is 0 Å². The molecule has 132 valence electrons. The number of carbonyl (C=O) groups excluding carboxylic acids is 1. The molecule has 3 rings (SSSR count). The van der Waals surface area contributed by atoms with E-state index in [0.29, 0.717) is 6.42 Å². The molecule has 2 aromatic rings. The second-order valence-corrected chi connectivity index (χ2v) is 6.18. The molecule has 1 saturated heterocycles. The summed E-state index contributed by atoms with van der Waals surface area (Å²) in [4.78, 5) is 14.6. The van der Waals surface area contributed by atoms with Crippen molar-refractivity contribution in [1.82, 2.24) is 0 Å². The number of hydrogen-bond acceptors (Lipinski definition) is 4. The lowest BCUT2D eigenvalue weighted by Gasteiger charge is -2.29. The fourth-order valence-electron chi connectivity index (χ4n) is 2.97. The summed E-state index contributed by atoms with van der Waals surface area (Å²) < 4.78 is 10.7. The first kappa shape index (κ1) is 17.3. The third-order valence-corrected chi connectivity index (χ3v) is 4.34. The average Bonchev–Trinajstić information content (AvgIpc) is 2.64. The Morgan fingerprint density at radius 3 is 2.76 bits per heavy atom. The van der Waals surface area contributed by atoms with Crippen molar-refractivity contribution in [2.75, 3.05) is 43.6 Å². The summed E-state index contributed by atoms with van der Waals surface area (Å²) in [6, 6.07) is 13.8. The lowest BCUT2D eigenvalue weighted by molar-refractivity contribution is -0.115. The predicted molar refractivity (Wildman–Crippen MR) is 99.5 cm³/mol. The second-order valence-electron chi connectivity index (χ2n) is 6.18. The van der Waals surface area contributed by atoms with Crippen LogP contribution in [0.5, 0.6) is 5.75 Å². The highest BCUT2D eigenvalue weighted by atomic mass is 16.5. The molecule has 0 unspecified atom stereocenters. The third-order valence-electron chi connectivity index (χ3n) is 4.34. The molecule has 0 atom stereocenters. The molecule has 2 aromatic carbocycles. The number of amides is 1. The zero-order chi connectivity index (χ0) is 17.6. The average molecular weight is 340 g/mol. The molecule has 0 aromatic heterocycles. The van der Waals surface area contributed by atoms with Gasteiger partial charge in [-0.05, 0) is 42.3 Å².